The molecule has 1 unspecified atom stereocenters. The maximum Gasteiger partial charge on any atom is 0.224 e. The summed E-state index contributed by atoms with van der Waals surface area (Å²) in [5, 5.41) is 8.87. The molecule has 1 atom stereocenters. The minimum absolute atomic E-state index is 0.00102. The van der Waals surface area contributed by atoms with E-state index in [-0.39, 0.29) is 48.9 Å². The van der Waals surface area contributed by atoms with Gasteiger partial charge in [-0.1, -0.05) is 0 Å². The summed E-state index contributed by atoms with van der Waals surface area (Å²) in [5.74, 6) is 0.140. The van der Waals surface area contributed by atoms with Gasteiger partial charge in [0, 0.05) is 24.9 Å². The molecular formula is C9H16ClNO4S. The minimum atomic E-state index is -3.02. The van der Waals surface area contributed by atoms with Crippen LogP contribution in [0.15, 0.2) is 0 Å². The van der Waals surface area contributed by atoms with E-state index in [1.807, 2.05) is 0 Å². The number of sulfone groups is 1. The third-order valence-corrected chi connectivity index (χ3v) is 4.56. The fourth-order valence-electron chi connectivity index (χ4n) is 1.86. The maximum atomic E-state index is 11.7. The van der Waals surface area contributed by atoms with Crippen molar-refractivity contribution in [1.29, 1.82) is 0 Å². The smallest absolute Gasteiger partial charge is 0.224 e. The van der Waals surface area contributed by atoms with Gasteiger partial charge in [0.15, 0.2) is 9.84 Å². The van der Waals surface area contributed by atoms with Gasteiger partial charge in [0.05, 0.1) is 18.1 Å². The van der Waals surface area contributed by atoms with Crippen LogP contribution in [0.2, 0.25) is 0 Å². The van der Waals surface area contributed by atoms with Crippen molar-refractivity contribution in [1.82, 2.24) is 4.90 Å². The summed E-state index contributed by atoms with van der Waals surface area (Å²) in [4.78, 5) is 13.1. The number of aliphatic hydroxyl groups excluding tert-OH is 1. The van der Waals surface area contributed by atoms with Crippen molar-refractivity contribution in [2.75, 3.05) is 30.5 Å². The fraction of sp³-hybridized carbons (Fsp3) is 0.889. The molecular weight excluding hydrogens is 254 g/mol. The van der Waals surface area contributed by atoms with Crippen molar-refractivity contribution in [2.45, 2.75) is 18.9 Å². The average molecular weight is 270 g/mol. The molecule has 1 amide bonds. The summed E-state index contributed by atoms with van der Waals surface area (Å²) in [6.07, 6.45) is 0.633. The van der Waals surface area contributed by atoms with Crippen molar-refractivity contribution in [2.24, 2.45) is 0 Å². The normalized spacial score (nSPS) is 23.2. The zero-order valence-electron chi connectivity index (χ0n) is 8.93. The van der Waals surface area contributed by atoms with Gasteiger partial charge in [-0.05, 0) is 6.42 Å². The van der Waals surface area contributed by atoms with Gasteiger partial charge in [-0.15, -0.1) is 11.6 Å². The zero-order chi connectivity index (χ0) is 12.2. The predicted octanol–water partition coefficient (Wildman–Crippen LogP) is -0.377. The Hall–Kier alpha value is -0.330. The molecule has 0 radical (unpaired) electrons. The van der Waals surface area contributed by atoms with Gasteiger partial charge in [-0.3, -0.25) is 4.79 Å². The molecule has 1 aliphatic heterocycles. The Morgan fingerprint density at radius 1 is 1.50 bits per heavy atom. The lowest BCUT2D eigenvalue weighted by molar-refractivity contribution is -0.133. The lowest BCUT2D eigenvalue weighted by atomic mass is 10.2. The third kappa shape index (κ3) is 3.61. The summed E-state index contributed by atoms with van der Waals surface area (Å²) in [7, 11) is -3.02. The minimum Gasteiger partial charge on any atom is -0.395 e. The highest BCUT2D eigenvalue weighted by Crippen LogP contribution is 2.18. The van der Waals surface area contributed by atoms with Gasteiger partial charge in [0.1, 0.15) is 0 Å². The molecule has 5 nitrogen and oxygen atoms in total. The van der Waals surface area contributed by atoms with Crippen LogP contribution in [0.3, 0.4) is 0 Å². The molecule has 0 aliphatic carbocycles. The van der Waals surface area contributed by atoms with E-state index in [9.17, 15) is 13.2 Å². The fourth-order valence-corrected chi connectivity index (χ4v) is 3.76. The topological polar surface area (TPSA) is 74.7 Å². The van der Waals surface area contributed by atoms with Gasteiger partial charge in [0.25, 0.3) is 0 Å². The number of aliphatic hydroxyl groups is 1. The third-order valence-electron chi connectivity index (χ3n) is 2.62. The molecule has 1 fully saturated rings. The predicted molar refractivity (Wildman–Crippen MR) is 61.2 cm³/mol. The summed E-state index contributed by atoms with van der Waals surface area (Å²) < 4.78 is 22.6. The van der Waals surface area contributed by atoms with E-state index in [1.54, 1.807) is 0 Å². The second-order valence-corrected chi connectivity index (χ2v) is 6.41. The van der Waals surface area contributed by atoms with Crippen LogP contribution in [0.1, 0.15) is 12.8 Å². The van der Waals surface area contributed by atoms with Gasteiger partial charge < -0.3 is 10.0 Å². The van der Waals surface area contributed by atoms with E-state index in [1.165, 1.54) is 4.90 Å². The first-order valence-electron chi connectivity index (χ1n) is 5.17. The molecule has 0 aromatic heterocycles. The summed E-state index contributed by atoms with van der Waals surface area (Å²) in [6.45, 7) is 0.0144. The van der Waals surface area contributed by atoms with Crippen molar-refractivity contribution in [3.8, 4) is 0 Å². The molecule has 1 aliphatic rings. The summed E-state index contributed by atoms with van der Waals surface area (Å²) in [6, 6.07) is -0.298. The van der Waals surface area contributed by atoms with Crippen molar-refractivity contribution >= 4 is 27.3 Å². The lowest BCUT2D eigenvalue weighted by Gasteiger charge is -2.27. The standard InChI is InChI=1S/C9H16ClNO4S/c10-3-1-9(13)11(4-5-12)8-2-6-16(14,15)7-8/h8,12H,1-7H2. The first-order chi connectivity index (χ1) is 7.50. The second kappa shape index (κ2) is 5.84. The number of amides is 1. The number of alkyl halides is 1. The van der Waals surface area contributed by atoms with Crippen LogP contribution in [0.4, 0.5) is 0 Å². The van der Waals surface area contributed by atoms with Gasteiger partial charge in [-0.2, -0.15) is 0 Å². The molecule has 16 heavy (non-hydrogen) atoms. The van der Waals surface area contributed by atoms with E-state index >= 15 is 0 Å². The zero-order valence-corrected chi connectivity index (χ0v) is 10.5. The average Bonchev–Trinajstić information content (AvgIpc) is 2.55. The molecule has 0 aromatic rings. The largest absolute Gasteiger partial charge is 0.395 e. The molecule has 1 saturated heterocycles. The molecule has 1 heterocycles. The second-order valence-electron chi connectivity index (χ2n) is 3.81. The van der Waals surface area contributed by atoms with Crippen LogP contribution in [-0.4, -0.2) is 60.9 Å². The Morgan fingerprint density at radius 2 is 2.19 bits per heavy atom. The van der Waals surface area contributed by atoms with Gasteiger partial charge >= 0.3 is 0 Å². The van der Waals surface area contributed by atoms with Crippen LogP contribution in [0.5, 0.6) is 0 Å². The van der Waals surface area contributed by atoms with Gasteiger partial charge in [0.2, 0.25) is 5.91 Å². The number of carbonyl (C=O) groups excluding carboxylic acids is 1. The monoisotopic (exact) mass is 269 g/mol. The molecule has 0 saturated carbocycles. The summed E-state index contributed by atoms with van der Waals surface area (Å²) in [5.41, 5.74) is 0. The Labute approximate surface area is 100 Å². The van der Waals surface area contributed by atoms with E-state index < -0.39 is 9.84 Å². The van der Waals surface area contributed by atoms with Crippen LogP contribution >= 0.6 is 11.6 Å². The Balaban J connectivity index is 2.67. The molecule has 0 spiro atoms. The van der Waals surface area contributed by atoms with E-state index in [0.717, 1.165) is 0 Å². The highest BCUT2D eigenvalue weighted by atomic mass is 35.5. The lowest BCUT2D eigenvalue weighted by Crippen LogP contribution is -2.42. The van der Waals surface area contributed by atoms with Crippen molar-refractivity contribution in [3.63, 3.8) is 0 Å². The van der Waals surface area contributed by atoms with Crippen LogP contribution in [0.25, 0.3) is 0 Å². The summed E-state index contributed by atoms with van der Waals surface area (Å²) >= 11 is 5.48. The molecule has 0 aromatic carbocycles. The number of hydrogen-bond donors (Lipinski definition) is 1. The number of nitrogens with zero attached hydrogens (tertiary/aromatic N) is 1. The number of hydrogen-bond acceptors (Lipinski definition) is 4. The van der Waals surface area contributed by atoms with E-state index in [0.29, 0.717) is 6.42 Å². The number of rotatable bonds is 5. The Kier molecular flexibility index (Phi) is 5.01. The number of carbonyl (C=O) groups is 1. The Bertz CT molecular complexity index is 343. The molecule has 0 bridgehead atoms. The van der Waals surface area contributed by atoms with Gasteiger partial charge in [-0.25, -0.2) is 8.42 Å². The molecule has 94 valence electrons. The highest BCUT2D eigenvalue weighted by molar-refractivity contribution is 7.91. The molecule has 7 heteroatoms. The van der Waals surface area contributed by atoms with Crippen molar-refractivity contribution in [3.05, 3.63) is 0 Å². The molecule has 1 N–H and O–H groups in total. The maximum absolute atomic E-state index is 11.7. The Morgan fingerprint density at radius 3 is 2.62 bits per heavy atom. The van der Waals surface area contributed by atoms with Crippen LogP contribution in [0, 0.1) is 0 Å². The van der Waals surface area contributed by atoms with Crippen LogP contribution < -0.4 is 0 Å². The van der Waals surface area contributed by atoms with E-state index in [2.05, 4.69) is 0 Å². The van der Waals surface area contributed by atoms with Crippen molar-refractivity contribution < 1.29 is 18.3 Å². The number of halogens is 1. The van der Waals surface area contributed by atoms with Crippen LogP contribution in [-0.2, 0) is 14.6 Å². The SMILES string of the molecule is O=C(CCCl)N(CCO)C1CCS(=O)(=O)C1. The highest BCUT2D eigenvalue weighted by Gasteiger charge is 2.33. The first-order valence-corrected chi connectivity index (χ1v) is 7.52. The molecule has 1 rings (SSSR count). The quantitative estimate of drug-likeness (QED) is 0.691. The first kappa shape index (κ1) is 13.7. The van der Waals surface area contributed by atoms with E-state index in [4.69, 9.17) is 16.7 Å².